The van der Waals surface area contributed by atoms with Crippen molar-refractivity contribution in [2.24, 2.45) is 5.41 Å². The summed E-state index contributed by atoms with van der Waals surface area (Å²) in [6.07, 6.45) is 5.14. The summed E-state index contributed by atoms with van der Waals surface area (Å²) in [5.74, 6) is 1.66. The van der Waals surface area contributed by atoms with Gasteiger partial charge >= 0.3 is 0 Å². The molecule has 2 nitrogen and oxygen atoms in total. The predicted molar refractivity (Wildman–Crippen MR) is 84.0 cm³/mol. The van der Waals surface area contributed by atoms with Crippen LogP contribution in [0.1, 0.15) is 31.2 Å². The molecule has 0 atom stereocenters. The summed E-state index contributed by atoms with van der Waals surface area (Å²) in [7, 11) is 1.70. The first-order valence-electron chi connectivity index (χ1n) is 6.78. The van der Waals surface area contributed by atoms with E-state index in [1.54, 1.807) is 7.11 Å². The van der Waals surface area contributed by atoms with Gasteiger partial charge in [-0.05, 0) is 42.0 Å². The molecule has 1 aromatic carbocycles. The van der Waals surface area contributed by atoms with Crippen LogP contribution in [0, 0.1) is 5.41 Å². The van der Waals surface area contributed by atoms with Gasteiger partial charge in [-0.3, -0.25) is 0 Å². The fourth-order valence-corrected chi connectivity index (χ4v) is 3.51. The minimum atomic E-state index is 0.312. The first-order chi connectivity index (χ1) is 9.19. The van der Waals surface area contributed by atoms with Crippen LogP contribution in [0.5, 0.6) is 5.75 Å². The van der Waals surface area contributed by atoms with E-state index in [2.05, 4.69) is 27.3 Å². The monoisotopic (exact) mass is 345 g/mol. The van der Waals surface area contributed by atoms with Crippen LogP contribution in [-0.2, 0) is 6.54 Å². The van der Waals surface area contributed by atoms with Gasteiger partial charge in [-0.2, -0.15) is 0 Å². The van der Waals surface area contributed by atoms with Crippen LogP contribution >= 0.6 is 27.5 Å². The Morgan fingerprint density at radius 2 is 2.11 bits per heavy atom. The average Bonchev–Trinajstić information content (AvgIpc) is 2.90. The second-order valence-electron chi connectivity index (χ2n) is 5.40. The third kappa shape index (κ3) is 3.87. The van der Waals surface area contributed by atoms with E-state index in [4.69, 9.17) is 16.3 Å². The van der Waals surface area contributed by atoms with E-state index in [1.165, 1.54) is 31.2 Å². The fourth-order valence-electron chi connectivity index (χ4n) is 2.76. The summed E-state index contributed by atoms with van der Waals surface area (Å²) in [5.41, 5.74) is 1.54. The third-order valence-electron chi connectivity index (χ3n) is 4.02. The lowest BCUT2D eigenvalue weighted by molar-refractivity contribution is 0.320. The molecule has 0 aromatic heterocycles. The number of halogens is 2. The molecule has 0 aliphatic heterocycles. The largest absolute Gasteiger partial charge is 0.497 e. The van der Waals surface area contributed by atoms with E-state index in [9.17, 15) is 0 Å². The first kappa shape index (κ1) is 15.1. The lowest BCUT2D eigenvalue weighted by atomic mass is 9.88. The number of hydrogen-bond acceptors (Lipinski definition) is 2. The fraction of sp³-hybridized carbons (Fsp3) is 0.600. The summed E-state index contributed by atoms with van der Waals surface area (Å²) in [6.45, 7) is 1.84. The van der Waals surface area contributed by atoms with Gasteiger partial charge in [0.25, 0.3) is 0 Å². The van der Waals surface area contributed by atoms with Gasteiger partial charge in [-0.25, -0.2) is 0 Å². The van der Waals surface area contributed by atoms with Crippen molar-refractivity contribution in [2.45, 2.75) is 32.2 Å². The zero-order chi connectivity index (χ0) is 13.7. The third-order valence-corrected chi connectivity index (χ3v) is 5.36. The van der Waals surface area contributed by atoms with Crippen LogP contribution in [0.4, 0.5) is 0 Å². The normalized spacial score (nSPS) is 17.6. The zero-order valence-corrected chi connectivity index (χ0v) is 13.7. The van der Waals surface area contributed by atoms with Gasteiger partial charge in [0.1, 0.15) is 5.75 Å². The minimum Gasteiger partial charge on any atom is -0.497 e. The van der Waals surface area contributed by atoms with Crippen LogP contribution in [-0.4, -0.2) is 19.5 Å². The summed E-state index contributed by atoms with van der Waals surface area (Å²) < 4.78 is 6.38. The highest BCUT2D eigenvalue weighted by Gasteiger charge is 2.32. The Morgan fingerprint density at radius 3 is 2.74 bits per heavy atom. The van der Waals surface area contributed by atoms with Crippen molar-refractivity contribution in [3.05, 3.63) is 28.2 Å². The molecule has 0 bridgehead atoms. The quantitative estimate of drug-likeness (QED) is 0.773. The molecular weight excluding hydrogens is 326 g/mol. The van der Waals surface area contributed by atoms with Gasteiger partial charge in [-0.15, -0.1) is 11.6 Å². The van der Waals surface area contributed by atoms with Crippen LogP contribution in [0.25, 0.3) is 0 Å². The second-order valence-corrected chi connectivity index (χ2v) is 6.52. The van der Waals surface area contributed by atoms with Crippen molar-refractivity contribution in [1.29, 1.82) is 0 Å². The highest BCUT2D eigenvalue weighted by molar-refractivity contribution is 9.10. The van der Waals surface area contributed by atoms with Crippen LogP contribution < -0.4 is 10.1 Å². The van der Waals surface area contributed by atoms with Gasteiger partial charge in [0.2, 0.25) is 0 Å². The minimum absolute atomic E-state index is 0.312. The summed E-state index contributed by atoms with van der Waals surface area (Å²) in [4.78, 5) is 0. The summed E-state index contributed by atoms with van der Waals surface area (Å²) in [5, 5.41) is 3.56. The number of benzene rings is 1. The van der Waals surface area contributed by atoms with E-state index in [1.807, 2.05) is 12.1 Å². The Labute approximate surface area is 129 Å². The van der Waals surface area contributed by atoms with E-state index in [0.717, 1.165) is 29.2 Å². The van der Waals surface area contributed by atoms with Crippen LogP contribution in [0.2, 0.25) is 0 Å². The SMILES string of the molecule is COc1ccc(Br)c(CNCC2(CCl)CCCC2)c1. The smallest absolute Gasteiger partial charge is 0.119 e. The Morgan fingerprint density at radius 1 is 1.37 bits per heavy atom. The maximum absolute atomic E-state index is 6.16. The molecule has 4 heteroatoms. The predicted octanol–water partition coefficient (Wildman–Crippen LogP) is 4.35. The molecule has 1 aliphatic carbocycles. The van der Waals surface area contributed by atoms with Crippen molar-refractivity contribution >= 4 is 27.5 Å². The summed E-state index contributed by atoms with van der Waals surface area (Å²) >= 11 is 9.74. The van der Waals surface area contributed by atoms with Gasteiger partial charge in [0.15, 0.2) is 0 Å². The Kier molecular flexibility index (Phi) is 5.55. The molecule has 106 valence electrons. The van der Waals surface area contributed by atoms with Crippen molar-refractivity contribution < 1.29 is 4.74 Å². The van der Waals surface area contributed by atoms with Crippen molar-refractivity contribution in [3.8, 4) is 5.75 Å². The molecule has 1 aliphatic rings. The molecule has 19 heavy (non-hydrogen) atoms. The molecular formula is C15H21BrClNO. The van der Waals surface area contributed by atoms with Gasteiger partial charge in [0, 0.05) is 23.4 Å². The number of hydrogen-bond donors (Lipinski definition) is 1. The molecule has 0 saturated heterocycles. The highest BCUT2D eigenvalue weighted by atomic mass is 79.9. The number of ether oxygens (including phenoxy) is 1. The second kappa shape index (κ2) is 6.96. The Bertz CT molecular complexity index is 419. The van der Waals surface area contributed by atoms with E-state index in [-0.39, 0.29) is 0 Å². The standard InChI is InChI=1S/C15H21BrClNO/c1-19-13-4-5-14(16)12(8-13)9-18-11-15(10-17)6-2-3-7-15/h4-5,8,18H,2-3,6-7,9-11H2,1H3. The van der Waals surface area contributed by atoms with Gasteiger partial charge < -0.3 is 10.1 Å². The maximum Gasteiger partial charge on any atom is 0.119 e. The number of methoxy groups -OCH3 is 1. The van der Waals surface area contributed by atoms with Crippen molar-refractivity contribution in [1.82, 2.24) is 5.32 Å². The average molecular weight is 347 g/mol. The van der Waals surface area contributed by atoms with Crippen LogP contribution in [0.15, 0.2) is 22.7 Å². The highest BCUT2D eigenvalue weighted by Crippen LogP contribution is 2.38. The molecule has 1 saturated carbocycles. The first-order valence-corrected chi connectivity index (χ1v) is 8.11. The molecule has 0 amide bonds. The molecule has 0 radical (unpaired) electrons. The Hall–Kier alpha value is -0.250. The van der Waals surface area contributed by atoms with Gasteiger partial charge in [0.05, 0.1) is 7.11 Å². The molecule has 0 unspecified atom stereocenters. The molecule has 0 heterocycles. The summed E-state index contributed by atoms with van der Waals surface area (Å²) in [6, 6.07) is 6.06. The number of nitrogens with one attached hydrogen (secondary N) is 1. The molecule has 2 rings (SSSR count). The zero-order valence-electron chi connectivity index (χ0n) is 11.3. The lowest BCUT2D eigenvalue weighted by Crippen LogP contribution is -2.33. The number of alkyl halides is 1. The van der Waals surface area contributed by atoms with Crippen molar-refractivity contribution in [3.63, 3.8) is 0 Å². The molecule has 1 aromatic rings. The van der Waals surface area contributed by atoms with Gasteiger partial charge in [-0.1, -0.05) is 28.8 Å². The molecule has 0 spiro atoms. The van der Waals surface area contributed by atoms with E-state index >= 15 is 0 Å². The maximum atomic E-state index is 6.16. The molecule has 1 N–H and O–H groups in total. The Balaban J connectivity index is 1.91. The van der Waals surface area contributed by atoms with E-state index < -0.39 is 0 Å². The lowest BCUT2D eigenvalue weighted by Gasteiger charge is -2.26. The topological polar surface area (TPSA) is 21.3 Å². The number of rotatable bonds is 6. The van der Waals surface area contributed by atoms with E-state index in [0.29, 0.717) is 5.41 Å². The van der Waals surface area contributed by atoms with Crippen molar-refractivity contribution in [2.75, 3.05) is 19.5 Å². The molecule has 1 fully saturated rings. The van der Waals surface area contributed by atoms with Crippen LogP contribution in [0.3, 0.4) is 0 Å².